The van der Waals surface area contributed by atoms with Gasteiger partial charge in [0.2, 0.25) is 0 Å². The molecule has 1 aromatic carbocycles. The van der Waals surface area contributed by atoms with Crippen molar-refractivity contribution < 1.29 is 9.84 Å². The molecule has 1 aliphatic rings. The molecule has 0 aliphatic carbocycles. The molecule has 0 spiro atoms. The Bertz CT molecular complexity index is 590. The first kappa shape index (κ1) is 12.2. The van der Waals surface area contributed by atoms with Crippen LogP contribution in [0.4, 0.5) is 0 Å². The van der Waals surface area contributed by atoms with Crippen molar-refractivity contribution in [3.8, 4) is 5.75 Å². The summed E-state index contributed by atoms with van der Waals surface area (Å²) >= 11 is 0. The zero-order chi connectivity index (χ0) is 13.4. The normalized spacial score (nSPS) is 15.4. The third kappa shape index (κ3) is 2.02. The van der Waals surface area contributed by atoms with Gasteiger partial charge in [0.25, 0.3) is 0 Å². The Morgan fingerprint density at radius 3 is 3.00 bits per heavy atom. The molecule has 100 valence electrons. The van der Waals surface area contributed by atoms with Crippen molar-refractivity contribution in [1.29, 1.82) is 0 Å². The topological polar surface area (TPSA) is 47.3 Å². The van der Waals surface area contributed by atoms with E-state index >= 15 is 0 Å². The van der Waals surface area contributed by atoms with Gasteiger partial charge < -0.3 is 14.4 Å². The van der Waals surface area contributed by atoms with Crippen LogP contribution in [0.5, 0.6) is 5.75 Å². The predicted octanol–water partition coefficient (Wildman–Crippen LogP) is 2.48. The second-order valence-electron chi connectivity index (χ2n) is 5.16. The Morgan fingerprint density at radius 1 is 1.37 bits per heavy atom. The Kier molecular flexibility index (Phi) is 3.03. The molecule has 1 N–H and O–H groups in total. The molecule has 4 nitrogen and oxygen atoms in total. The maximum absolute atomic E-state index is 10.6. The summed E-state index contributed by atoms with van der Waals surface area (Å²) < 4.78 is 7.64. The molecule has 0 bridgehead atoms. The van der Waals surface area contributed by atoms with Gasteiger partial charge in [-0.15, -0.1) is 0 Å². The van der Waals surface area contributed by atoms with Crippen molar-refractivity contribution in [1.82, 2.24) is 9.55 Å². The minimum atomic E-state index is -0.696. The number of imidazole rings is 1. The van der Waals surface area contributed by atoms with Crippen LogP contribution in [0.15, 0.2) is 30.7 Å². The van der Waals surface area contributed by atoms with E-state index in [-0.39, 0.29) is 6.04 Å². The molecule has 0 amide bonds. The average Bonchev–Trinajstić information content (AvgIpc) is 3.05. The summed E-state index contributed by atoms with van der Waals surface area (Å²) in [6.45, 7) is 4.84. The molecule has 0 saturated carbocycles. The third-order valence-electron chi connectivity index (χ3n) is 3.57. The predicted molar refractivity (Wildman–Crippen MR) is 72.3 cm³/mol. The van der Waals surface area contributed by atoms with Gasteiger partial charge in [-0.3, -0.25) is 0 Å². The zero-order valence-corrected chi connectivity index (χ0v) is 11.2. The van der Waals surface area contributed by atoms with Crippen LogP contribution in [0.3, 0.4) is 0 Å². The lowest BCUT2D eigenvalue weighted by molar-refractivity contribution is 0.202. The van der Waals surface area contributed by atoms with Crippen molar-refractivity contribution in [3.63, 3.8) is 0 Å². The number of para-hydroxylation sites is 1. The van der Waals surface area contributed by atoms with Crippen molar-refractivity contribution in [2.24, 2.45) is 0 Å². The van der Waals surface area contributed by atoms with Crippen LogP contribution >= 0.6 is 0 Å². The lowest BCUT2D eigenvalue weighted by Crippen LogP contribution is -2.10. The molecule has 1 atom stereocenters. The summed E-state index contributed by atoms with van der Waals surface area (Å²) in [7, 11) is 0. The lowest BCUT2D eigenvalue weighted by atomic mass is 10.0. The zero-order valence-electron chi connectivity index (χ0n) is 11.2. The van der Waals surface area contributed by atoms with E-state index in [1.54, 1.807) is 12.5 Å². The molecule has 0 fully saturated rings. The number of hydrogen-bond acceptors (Lipinski definition) is 3. The quantitative estimate of drug-likeness (QED) is 0.920. The van der Waals surface area contributed by atoms with Gasteiger partial charge in [0, 0.05) is 18.0 Å². The highest BCUT2D eigenvalue weighted by Crippen LogP contribution is 2.36. The minimum absolute atomic E-state index is 0.268. The Morgan fingerprint density at radius 2 is 2.21 bits per heavy atom. The van der Waals surface area contributed by atoms with Gasteiger partial charge in [-0.1, -0.05) is 18.2 Å². The Labute approximate surface area is 112 Å². The first-order valence-corrected chi connectivity index (χ1v) is 6.63. The molecule has 1 unspecified atom stereocenters. The SMILES string of the molecule is CC(C)n1cncc1C(O)c1cccc2c1OCC2. The number of aliphatic hydroxyl groups excluding tert-OH is 1. The van der Waals surface area contributed by atoms with Crippen LogP contribution in [0.1, 0.15) is 42.8 Å². The molecule has 2 aromatic rings. The van der Waals surface area contributed by atoms with E-state index in [0.717, 1.165) is 23.4 Å². The number of aliphatic hydroxyl groups is 1. The maximum atomic E-state index is 10.6. The van der Waals surface area contributed by atoms with E-state index in [2.05, 4.69) is 24.9 Å². The van der Waals surface area contributed by atoms with Crippen LogP contribution in [-0.4, -0.2) is 21.3 Å². The van der Waals surface area contributed by atoms with Gasteiger partial charge in [0.1, 0.15) is 11.9 Å². The van der Waals surface area contributed by atoms with Gasteiger partial charge in [-0.05, 0) is 19.4 Å². The largest absolute Gasteiger partial charge is 0.493 e. The Balaban J connectivity index is 2.03. The molecular formula is C15H18N2O2. The maximum Gasteiger partial charge on any atom is 0.128 e. The van der Waals surface area contributed by atoms with Crippen molar-refractivity contribution >= 4 is 0 Å². The number of hydrogen-bond donors (Lipinski definition) is 1. The van der Waals surface area contributed by atoms with Gasteiger partial charge in [0.15, 0.2) is 0 Å². The highest BCUT2D eigenvalue weighted by molar-refractivity contribution is 5.47. The Hall–Kier alpha value is -1.81. The summed E-state index contributed by atoms with van der Waals surface area (Å²) in [6.07, 6.45) is 3.70. The van der Waals surface area contributed by atoms with Crippen molar-refractivity contribution in [3.05, 3.63) is 47.5 Å². The van der Waals surface area contributed by atoms with E-state index in [1.807, 2.05) is 16.7 Å². The average molecular weight is 258 g/mol. The fraction of sp³-hybridized carbons (Fsp3) is 0.400. The highest BCUT2D eigenvalue weighted by atomic mass is 16.5. The van der Waals surface area contributed by atoms with E-state index in [4.69, 9.17) is 4.74 Å². The molecule has 3 rings (SSSR count). The third-order valence-corrected chi connectivity index (χ3v) is 3.57. The van der Waals surface area contributed by atoms with E-state index in [0.29, 0.717) is 6.61 Å². The molecule has 1 aromatic heterocycles. The number of aromatic nitrogens is 2. The van der Waals surface area contributed by atoms with Gasteiger partial charge in [0.05, 0.1) is 24.8 Å². The summed E-state index contributed by atoms with van der Waals surface area (Å²) in [5, 5.41) is 10.6. The van der Waals surface area contributed by atoms with Crippen LogP contribution in [0, 0.1) is 0 Å². The monoisotopic (exact) mass is 258 g/mol. The van der Waals surface area contributed by atoms with E-state index in [9.17, 15) is 5.11 Å². The first-order chi connectivity index (χ1) is 9.18. The van der Waals surface area contributed by atoms with Gasteiger partial charge in [-0.2, -0.15) is 0 Å². The summed E-state index contributed by atoms with van der Waals surface area (Å²) in [5.41, 5.74) is 2.81. The summed E-state index contributed by atoms with van der Waals surface area (Å²) in [4.78, 5) is 4.15. The standard InChI is InChI=1S/C15H18N2O2/c1-10(2)17-9-16-8-13(17)14(18)12-5-3-4-11-6-7-19-15(11)12/h3-5,8-10,14,18H,6-7H2,1-2H3. The second-order valence-corrected chi connectivity index (χ2v) is 5.16. The fourth-order valence-corrected chi connectivity index (χ4v) is 2.57. The van der Waals surface area contributed by atoms with Crippen molar-refractivity contribution in [2.45, 2.75) is 32.4 Å². The molecule has 19 heavy (non-hydrogen) atoms. The number of benzene rings is 1. The van der Waals surface area contributed by atoms with Gasteiger partial charge in [-0.25, -0.2) is 4.98 Å². The van der Waals surface area contributed by atoms with E-state index < -0.39 is 6.10 Å². The molecular weight excluding hydrogens is 240 g/mol. The fourth-order valence-electron chi connectivity index (χ4n) is 2.57. The minimum Gasteiger partial charge on any atom is -0.493 e. The van der Waals surface area contributed by atoms with Crippen LogP contribution in [-0.2, 0) is 6.42 Å². The van der Waals surface area contributed by atoms with Crippen LogP contribution in [0.25, 0.3) is 0 Å². The van der Waals surface area contributed by atoms with Gasteiger partial charge >= 0.3 is 0 Å². The smallest absolute Gasteiger partial charge is 0.128 e. The summed E-state index contributed by atoms with van der Waals surface area (Å²) in [6, 6.07) is 6.22. The molecule has 4 heteroatoms. The number of nitrogens with zero attached hydrogens (tertiary/aromatic N) is 2. The highest BCUT2D eigenvalue weighted by Gasteiger charge is 2.24. The molecule has 0 radical (unpaired) electrons. The van der Waals surface area contributed by atoms with Crippen LogP contribution < -0.4 is 4.74 Å². The van der Waals surface area contributed by atoms with E-state index in [1.165, 1.54) is 5.56 Å². The number of fused-ring (bicyclic) bond motifs is 1. The molecule has 1 aliphatic heterocycles. The molecule has 0 saturated heterocycles. The summed E-state index contributed by atoms with van der Waals surface area (Å²) in [5.74, 6) is 0.839. The first-order valence-electron chi connectivity index (χ1n) is 6.63. The van der Waals surface area contributed by atoms with Crippen molar-refractivity contribution in [2.75, 3.05) is 6.61 Å². The molecule has 2 heterocycles. The second kappa shape index (κ2) is 4.70. The number of ether oxygens (including phenoxy) is 1. The lowest BCUT2D eigenvalue weighted by Gasteiger charge is -2.18. The number of rotatable bonds is 3. The van der Waals surface area contributed by atoms with Crippen LogP contribution in [0.2, 0.25) is 0 Å².